The normalized spacial score (nSPS) is 13.1. The Hall–Kier alpha value is -3.08. The number of aryl methyl sites for hydroxylation is 1. The van der Waals surface area contributed by atoms with E-state index in [1.807, 2.05) is 32.9 Å². The number of aromatic hydroxyl groups is 1. The Bertz CT molecular complexity index is 969. The van der Waals surface area contributed by atoms with Crippen molar-refractivity contribution < 1.29 is 24.5 Å². The second-order valence-corrected chi connectivity index (χ2v) is 6.66. The highest BCUT2D eigenvalue weighted by atomic mass is 16.5. The maximum Gasteiger partial charge on any atom is 0.342 e. The van der Waals surface area contributed by atoms with Crippen molar-refractivity contribution in [3.05, 3.63) is 68.8 Å². The first-order valence-corrected chi connectivity index (χ1v) is 8.89. The smallest absolute Gasteiger partial charge is 0.342 e. The fourth-order valence-electron chi connectivity index (χ4n) is 3.72. The van der Waals surface area contributed by atoms with Gasteiger partial charge in [-0.25, -0.2) is 9.59 Å². The van der Waals surface area contributed by atoms with Gasteiger partial charge >= 0.3 is 11.9 Å². The number of carbonyl (C=O) groups is 2. The second-order valence-electron chi connectivity index (χ2n) is 6.66. The average Bonchev–Trinajstić information content (AvgIpc) is 3.02. The molecule has 2 N–H and O–H groups in total. The van der Waals surface area contributed by atoms with Gasteiger partial charge in [-0.15, -0.1) is 0 Å². The summed E-state index contributed by atoms with van der Waals surface area (Å²) in [7, 11) is 0. The Kier molecular flexibility index (Phi) is 5.04. The molecule has 5 nitrogen and oxygen atoms in total. The number of esters is 1. The third-order valence-corrected chi connectivity index (χ3v) is 5.16. The Morgan fingerprint density at radius 3 is 2.67 bits per heavy atom. The zero-order valence-corrected chi connectivity index (χ0v) is 15.6. The number of allylic oxidation sites excluding steroid dienone is 1. The molecule has 5 heteroatoms. The molecule has 0 saturated carbocycles. The van der Waals surface area contributed by atoms with Crippen molar-refractivity contribution >= 4 is 18.0 Å². The number of cyclic esters (lactones) is 1. The second kappa shape index (κ2) is 7.27. The van der Waals surface area contributed by atoms with Crippen molar-refractivity contribution in [2.24, 2.45) is 0 Å². The Morgan fingerprint density at radius 2 is 2.00 bits per heavy atom. The van der Waals surface area contributed by atoms with Crippen LogP contribution in [0.4, 0.5) is 0 Å². The van der Waals surface area contributed by atoms with Crippen molar-refractivity contribution in [2.75, 3.05) is 0 Å². The van der Waals surface area contributed by atoms with Crippen molar-refractivity contribution in [1.29, 1.82) is 0 Å². The maximum atomic E-state index is 12.0. The van der Waals surface area contributed by atoms with E-state index in [4.69, 9.17) is 4.74 Å². The molecule has 1 aliphatic rings. The number of hydrogen-bond acceptors (Lipinski definition) is 4. The quantitative estimate of drug-likeness (QED) is 0.775. The molecule has 1 aliphatic heterocycles. The fraction of sp³-hybridized carbons (Fsp3) is 0.273. The molecule has 0 radical (unpaired) electrons. The molecule has 0 aromatic heterocycles. The standard InChI is InChI=1S/C22H22O5/c1-4-14-13(3)18-11-27-22(26)19(18)20(23)16(14)9-6-8-15-12(2)7-5-10-17(15)21(24)25/h5-8,10,23H,4,9,11H2,1-3H3,(H,24,25). The van der Waals surface area contributed by atoms with Crippen LogP contribution < -0.4 is 0 Å². The van der Waals surface area contributed by atoms with Gasteiger partial charge < -0.3 is 14.9 Å². The molecule has 27 heavy (non-hydrogen) atoms. The number of carboxylic acids is 1. The largest absolute Gasteiger partial charge is 0.507 e. The minimum absolute atomic E-state index is 0.0251. The summed E-state index contributed by atoms with van der Waals surface area (Å²) in [6.07, 6.45) is 4.70. The van der Waals surface area contributed by atoms with Gasteiger partial charge in [-0.1, -0.05) is 31.2 Å². The number of ether oxygens (including phenoxy) is 1. The van der Waals surface area contributed by atoms with E-state index < -0.39 is 11.9 Å². The summed E-state index contributed by atoms with van der Waals surface area (Å²) in [6, 6.07) is 5.14. The van der Waals surface area contributed by atoms with Crippen LogP contribution >= 0.6 is 0 Å². The molecular weight excluding hydrogens is 344 g/mol. The number of carbonyl (C=O) groups excluding carboxylic acids is 1. The van der Waals surface area contributed by atoms with E-state index in [9.17, 15) is 19.8 Å². The van der Waals surface area contributed by atoms with Crippen molar-refractivity contribution in [3.8, 4) is 5.75 Å². The van der Waals surface area contributed by atoms with Crippen LogP contribution in [0.15, 0.2) is 24.3 Å². The van der Waals surface area contributed by atoms with Gasteiger partial charge in [-0.05, 0) is 55.0 Å². The summed E-state index contributed by atoms with van der Waals surface area (Å²) >= 11 is 0. The van der Waals surface area contributed by atoms with Crippen LogP contribution in [0.1, 0.15) is 61.0 Å². The lowest BCUT2D eigenvalue weighted by molar-refractivity contribution is 0.0532. The molecular formula is C22H22O5. The fourth-order valence-corrected chi connectivity index (χ4v) is 3.72. The summed E-state index contributed by atoms with van der Waals surface area (Å²) < 4.78 is 5.09. The van der Waals surface area contributed by atoms with E-state index in [-0.39, 0.29) is 23.5 Å². The third-order valence-electron chi connectivity index (χ3n) is 5.16. The first-order valence-electron chi connectivity index (χ1n) is 8.89. The number of phenolic OH excluding ortho intramolecular Hbond substituents is 1. The molecule has 3 rings (SSSR count). The van der Waals surface area contributed by atoms with Crippen molar-refractivity contribution in [2.45, 2.75) is 40.2 Å². The predicted molar refractivity (Wildman–Crippen MR) is 102 cm³/mol. The first kappa shape index (κ1) is 18.7. The molecule has 0 bridgehead atoms. The molecule has 0 fully saturated rings. The molecule has 0 amide bonds. The molecule has 1 heterocycles. The van der Waals surface area contributed by atoms with Crippen LogP contribution in [-0.4, -0.2) is 22.2 Å². The molecule has 0 atom stereocenters. The third kappa shape index (κ3) is 3.21. The van der Waals surface area contributed by atoms with Gasteiger partial charge in [0, 0.05) is 11.1 Å². The molecule has 0 spiro atoms. The summed E-state index contributed by atoms with van der Waals surface area (Å²) in [5.74, 6) is -1.50. The van der Waals surface area contributed by atoms with Gasteiger partial charge in [0.15, 0.2) is 0 Å². The highest BCUT2D eigenvalue weighted by Crippen LogP contribution is 2.38. The zero-order valence-electron chi connectivity index (χ0n) is 15.6. The van der Waals surface area contributed by atoms with Crippen LogP contribution in [0.3, 0.4) is 0 Å². The molecule has 140 valence electrons. The van der Waals surface area contributed by atoms with Gasteiger partial charge in [-0.3, -0.25) is 0 Å². The van der Waals surface area contributed by atoms with Crippen LogP contribution in [-0.2, 0) is 24.2 Å². The number of rotatable bonds is 5. The average molecular weight is 366 g/mol. The first-order chi connectivity index (χ1) is 12.9. The highest BCUT2D eigenvalue weighted by Gasteiger charge is 2.30. The molecule has 2 aromatic rings. The van der Waals surface area contributed by atoms with E-state index >= 15 is 0 Å². The van der Waals surface area contributed by atoms with E-state index in [0.717, 1.165) is 28.7 Å². The van der Waals surface area contributed by atoms with E-state index in [0.29, 0.717) is 17.5 Å². The topological polar surface area (TPSA) is 83.8 Å². The zero-order chi connectivity index (χ0) is 19.7. The van der Waals surface area contributed by atoms with Gasteiger partial charge in [0.1, 0.15) is 17.9 Å². The SMILES string of the molecule is CCc1c(C)c2c(c(O)c1CC=Cc1c(C)cccc1C(=O)O)C(=O)OC2. The van der Waals surface area contributed by atoms with E-state index in [2.05, 4.69) is 0 Å². The minimum atomic E-state index is -0.980. The minimum Gasteiger partial charge on any atom is -0.507 e. The number of aromatic carboxylic acids is 1. The lowest BCUT2D eigenvalue weighted by Crippen LogP contribution is -2.04. The monoisotopic (exact) mass is 366 g/mol. The van der Waals surface area contributed by atoms with Crippen LogP contribution in [0.5, 0.6) is 5.75 Å². The number of benzene rings is 2. The number of phenols is 1. The van der Waals surface area contributed by atoms with Gasteiger partial charge in [0.2, 0.25) is 0 Å². The van der Waals surface area contributed by atoms with Crippen LogP contribution in [0.25, 0.3) is 6.08 Å². The molecule has 0 saturated heterocycles. The van der Waals surface area contributed by atoms with Gasteiger partial charge in [0.05, 0.1) is 5.56 Å². The summed E-state index contributed by atoms with van der Waals surface area (Å²) in [6.45, 7) is 6.00. The number of hydrogen-bond donors (Lipinski definition) is 2. The van der Waals surface area contributed by atoms with Gasteiger partial charge in [-0.2, -0.15) is 0 Å². The summed E-state index contributed by atoms with van der Waals surface area (Å²) in [5, 5.41) is 20.1. The Balaban J connectivity index is 2.02. The van der Waals surface area contributed by atoms with Gasteiger partial charge in [0.25, 0.3) is 0 Å². The molecule has 0 aliphatic carbocycles. The predicted octanol–water partition coefficient (Wildman–Crippen LogP) is 4.20. The Morgan fingerprint density at radius 1 is 1.26 bits per heavy atom. The van der Waals surface area contributed by atoms with Crippen molar-refractivity contribution in [3.63, 3.8) is 0 Å². The lowest BCUT2D eigenvalue weighted by Gasteiger charge is -2.15. The Labute approximate surface area is 157 Å². The molecule has 2 aromatic carbocycles. The van der Waals surface area contributed by atoms with E-state index in [1.165, 1.54) is 0 Å². The number of carboxylic acid groups (broad SMARTS) is 1. The van der Waals surface area contributed by atoms with E-state index in [1.54, 1.807) is 18.2 Å². The van der Waals surface area contributed by atoms with Crippen LogP contribution in [0.2, 0.25) is 0 Å². The summed E-state index contributed by atoms with van der Waals surface area (Å²) in [4.78, 5) is 23.4. The number of fused-ring (bicyclic) bond motifs is 1. The van der Waals surface area contributed by atoms with Crippen molar-refractivity contribution in [1.82, 2.24) is 0 Å². The highest BCUT2D eigenvalue weighted by molar-refractivity contribution is 5.97. The lowest BCUT2D eigenvalue weighted by atomic mass is 9.89. The maximum absolute atomic E-state index is 12.0. The molecule has 0 unspecified atom stereocenters. The van der Waals surface area contributed by atoms with Crippen LogP contribution in [0, 0.1) is 13.8 Å². The summed E-state index contributed by atoms with van der Waals surface area (Å²) in [5.41, 5.74) is 5.41.